The van der Waals surface area contributed by atoms with Crippen LogP contribution in [-0.4, -0.2) is 17.4 Å². The minimum Gasteiger partial charge on any atom is -0.351 e. The summed E-state index contributed by atoms with van der Waals surface area (Å²) in [5.74, 6) is -0.151. The van der Waals surface area contributed by atoms with Gasteiger partial charge in [0.25, 0.3) is 5.91 Å². The first-order chi connectivity index (χ1) is 11.3. The Balaban J connectivity index is 2.00. The van der Waals surface area contributed by atoms with Crippen molar-refractivity contribution in [3.8, 4) is 0 Å². The Hall–Kier alpha value is -2.14. The third kappa shape index (κ3) is 5.20. The van der Waals surface area contributed by atoms with Crippen molar-refractivity contribution in [3.63, 3.8) is 0 Å². The van der Waals surface area contributed by atoms with Gasteiger partial charge in [-0.15, -0.1) is 11.3 Å². The van der Waals surface area contributed by atoms with E-state index in [2.05, 4.69) is 29.7 Å². The molecule has 2 aromatic rings. The predicted octanol–water partition coefficient (Wildman–Crippen LogP) is 3.44. The van der Waals surface area contributed by atoms with Gasteiger partial charge in [0, 0.05) is 17.3 Å². The van der Waals surface area contributed by atoms with E-state index in [1.807, 2.05) is 32.0 Å². The zero-order valence-electron chi connectivity index (χ0n) is 14.6. The molecule has 2 rings (SSSR count). The van der Waals surface area contributed by atoms with Crippen LogP contribution in [0.3, 0.4) is 0 Å². The van der Waals surface area contributed by atoms with Crippen molar-refractivity contribution < 1.29 is 9.59 Å². The van der Waals surface area contributed by atoms with Crippen molar-refractivity contribution in [3.05, 3.63) is 57.3 Å². The molecule has 0 fully saturated rings. The van der Waals surface area contributed by atoms with Crippen LogP contribution in [0.15, 0.2) is 36.4 Å². The molecular formula is C19H24N2O2S. The Kier molecular flexibility index (Phi) is 5.78. The van der Waals surface area contributed by atoms with Crippen LogP contribution >= 0.6 is 11.3 Å². The van der Waals surface area contributed by atoms with E-state index in [0.29, 0.717) is 11.4 Å². The van der Waals surface area contributed by atoms with Crippen LogP contribution in [-0.2, 0) is 17.8 Å². The van der Waals surface area contributed by atoms with Gasteiger partial charge in [0.15, 0.2) is 0 Å². The Morgan fingerprint density at radius 2 is 1.83 bits per heavy atom. The highest BCUT2D eigenvalue weighted by Crippen LogP contribution is 2.20. The van der Waals surface area contributed by atoms with E-state index in [1.54, 1.807) is 6.07 Å². The molecule has 0 radical (unpaired) electrons. The lowest BCUT2D eigenvalue weighted by atomic mass is 9.92. The van der Waals surface area contributed by atoms with E-state index in [4.69, 9.17) is 0 Å². The minimum absolute atomic E-state index is 0.0752. The maximum Gasteiger partial charge on any atom is 0.261 e. The number of benzene rings is 1. The summed E-state index contributed by atoms with van der Waals surface area (Å²) >= 11 is 1.41. The van der Waals surface area contributed by atoms with Gasteiger partial charge in [-0.1, -0.05) is 24.3 Å². The lowest BCUT2D eigenvalue weighted by molar-refractivity contribution is -0.119. The van der Waals surface area contributed by atoms with E-state index in [1.165, 1.54) is 29.4 Å². The van der Waals surface area contributed by atoms with Gasteiger partial charge in [-0.3, -0.25) is 9.59 Å². The summed E-state index contributed by atoms with van der Waals surface area (Å²) in [7, 11) is 0. The third-order valence-electron chi connectivity index (χ3n) is 3.74. The maximum atomic E-state index is 12.5. The average Bonchev–Trinajstić information content (AvgIpc) is 2.96. The largest absolute Gasteiger partial charge is 0.351 e. The molecule has 1 heterocycles. The predicted molar refractivity (Wildman–Crippen MR) is 98.3 cm³/mol. The summed E-state index contributed by atoms with van der Waals surface area (Å²) < 4.78 is 0. The number of aryl methyl sites for hydroxylation is 1. The van der Waals surface area contributed by atoms with Crippen molar-refractivity contribution in [1.82, 2.24) is 10.6 Å². The fourth-order valence-corrected chi connectivity index (χ4v) is 3.35. The fourth-order valence-electron chi connectivity index (χ4n) is 2.50. The number of thiophene rings is 1. The molecule has 0 aliphatic heterocycles. The summed E-state index contributed by atoms with van der Waals surface area (Å²) in [5.41, 5.74) is 2.12. The highest BCUT2D eigenvalue weighted by molar-refractivity contribution is 7.14. The minimum atomic E-state index is -0.342. The van der Waals surface area contributed by atoms with Gasteiger partial charge in [0.1, 0.15) is 0 Å². The second kappa shape index (κ2) is 7.62. The summed E-state index contributed by atoms with van der Waals surface area (Å²) in [6.45, 7) is 8.09. The van der Waals surface area contributed by atoms with Crippen LogP contribution in [0.4, 0.5) is 0 Å². The number of hydrogen-bond donors (Lipinski definition) is 2. The first kappa shape index (κ1) is 18.2. The van der Waals surface area contributed by atoms with Gasteiger partial charge in [-0.2, -0.15) is 0 Å². The molecule has 4 nitrogen and oxygen atoms in total. The van der Waals surface area contributed by atoms with E-state index >= 15 is 0 Å². The van der Waals surface area contributed by atoms with Crippen LogP contribution in [0.5, 0.6) is 0 Å². The number of rotatable bonds is 6. The molecule has 24 heavy (non-hydrogen) atoms. The van der Waals surface area contributed by atoms with Crippen LogP contribution < -0.4 is 10.6 Å². The highest BCUT2D eigenvalue weighted by Gasteiger charge is 2.23. The molecule has 0 aliphatic rings. The molecule has 5 heteroatoms. The Labute approximate surface area is 147 Å². The van der Waals surface area contributed by atoms with Gasteiger partial charge in [0.2, 0.25) is 5.91 Å². The summed E-state index contributed by atoms with van der Waals surface area (Å²) in [6, 6.07) is 11.9. The van der Waals surface area contributed by atoms with E-state index < -0.39 is 0 Å². The van der Waals surface area contributed by atoms with E-state index in [9.17, 15) is 9.59 Å². The zero-order chi connectivity index (χ0) is 17.7. The van der Waals surface area contributed by atoms with Gasteiger partial charge in [0.05, 0.1) is 11.4 Å². The standard InChI is InChI=1S/C19H24N2O2S/c1-13-7-5-6-8-15(13)11-19(3,4)21-18(23)17-10-9-16(24-17)12-20-14(2)22/h5-10H,11-12H2,1-4H3,(H,20,22)(H,21,23). The molecule has 2 amide bonds. The lowest BCUT2D eigenvalue weighted by Crippen LogP contribution is -2.45. The number of amides is 2. The SMILES string of the molecule is CC(=O)NCc1ccc(C(=O)NC(C)(C)Cc2ccccc2C)s1. The molecule has 0 aliphatic carbocycles. The summed E-state index contributed by atoms with van der Waals surface area (Å²) in [4.78, 5) is 25.1. The normalized spacial score (nSPS) is 11.2. The zero-order valence-corrected chi connectivity index (χ0v) is 15.4. The number of nitrogens with one attached hydrogen (secondary N) is 2. The van der Waals surface area contributed by atoms with E-state index in [-0.39, 0.29) is 17.4 Å². The van der Waals surface area contributed by atoms with Crippen molar-refractivity contribution in [2.45, 2.75) is 46.2 Å². The topological polar surface area (TPSA) is 58.2 Å². The number of carbonyl (C=O) groups excluding carboxylic acids is 2. The smallest absolute Gasteiger partial charge is 0.261 e. The Bertz CT molecular complexity index is 734. The molecule has 1 aromatic heterocycles. The Morgan fingerprint density at radius 1 is 1.12 bits per heavy atom. The quantitative estimate of drug-likeness (QED) is 0.843. The van der Waals surface area contributed by atoms with Gasteiger partial charge < -0.3 is 10.6 Å². The average molecular weight is 344 g/mol. The molecule has 0 bridgehead atoms. The molecule has 0 saturated carbocycles. The van der Waals surface area contributed by atoms with Crippen LogP contribution in [0.2, 0.25) is 0 Å². The monoisotopic (exact) mass is 344 g/mol. The lowest BCUT2D eigenvalue weighted by Gasteiger charge is -2.27. The second-order valence-electron chi connectivity index (χ2n) is 6.62. The van der Waals surface area contributed by atoms with Crippen LogP contribution in [0.25, 0.3) is 0 Å². The van der Waals surface area contributed by atoms with Gasteiger partial charge >= 0.3 is 0 Å². The molecule has 0 unspecified atom stereocenters. The first-order valence-electron chi connectivity index (χ1n) is 7.97. The Morgan fingerprint density at radius 3 is 2.50 bits per heavy atom. The molecule has 0 saturated heterocycles. The van der Waals surface area contributed by atoms with Gasteiger partial charge in [-0.25, -0.2) is 0 Å². The molecule has 1 aromatic carbocycles. The van der Waals surface area contributed by atoms with Crippen molar-refractivity contribution in [2.75, 3.05) is 0 Å². The maximum absolute atomic E-state index is 12.5. The molecular weight excluding hydrogens is 320 g/mol. The van der Waals surface area contributed by atoms with Crippen molar-refractivity contribution in [2.24, 2.45) is 0 Å². The fraction of sp³-hybridized carbons (Fsp3) is 0.368. The summed E-state index contributed by atoms with van der Waals surface area (Å²) in [5, 5.41) is 5.85. The molecule has 128 valence electrons. The van der Waals surface area contributed by atoms with Crippen LogP contribution in [0.1, 0.15) is 46.4 Å². The van der Waals surface area contributed by atoms with Crippen molar-refractivity contribution >= 4 is 23.2 Å². The third-order valence-corrected chi connectivity index (χ3v) is 4.83. The van der Waals surface area contributed by atoms with Gasteiger partial charge in [-0.05, 0) is 50.5 Å². The first-order valence-corrected chi connectivity index (χ1v) is 8.79. The number of carbonyl (C=O) groups is 2. The molecule has 2 N–H and O–H groups in total. The van der Waals surface area contributed by atoms with Crippen LogP contribution in [0, 0.1) is 6.92 Å². The second-order valence-corrected chi connectivity index (χ2v) is 7.79. The summed E-state index contributed by atoms with van der Waals surface area (Å²) in [6.07, 6.45) is 0.773. The molecule has 0 atom stereocenters. The van der Waals surface area contributed by atoms with E-state index in [0.717, 1.165) is 11.3 Å². The van der Waals surface area contributed by atoms with Crippen molar-refractivity contribution in [1.29, 1.82) is 0 Å². The highest BCUT2D eigenvalue weighted by atomic mass is 32.1. The molecule has 0 spiro atoms. The number of hydrogen-bond acceptors (Lipinski definition) is 3.